The normalized spacial score (nSPS) is 17.8. The molecule has 3 aromatic heterocycles. The van der Waals surface area contributed by atoms with Gasteiger partial charge in [0.1, 0.15) is 11.6 Å². The molecule has 642 valence electrons. The highest BCUT2D eigenvalue weighted by molar-refractivity contribution is 6.00. The van der Waals surface area contributed by atoms with Gasteiger partial charge in [0.25, 0.3) is 0 Å². The van der Waals surface area contributed by atoms with E-state index in [-0.39, 0.29) is 23.5 Å². The van der Waals surface area contributed by atoms with Crippen LogP contribution in [0.5, 0.6) is 5.75 Å². The third kappa shape index (κ3) is 24.4. The summed E-state index contributed by atoms with van der Waals surface area (Å²) in [5, 5.41) is 3.72. The highest BCUT2D eigenvalue weighted by Gasteiger charge is 2.26. The Morgan fingerprint density at radius 2 is 0.625 bits per heavy atom. The van der Waals surface area contributed by atoms with Gasteiger partial charge in [-0.1, -0.05) is 89.5 Å². The van der Waals surface area contributed by atoms with Crippen LogP contribution in [0.15, 0.2) is 152 Å². The SMILES string of the molecule is COc1cccc(CCN2CCN(C(=O)/C=C/c3c(C)n(CCCN4CCN(C)CC4)c4ccc(C)cc34)CC2)c1.Cc1ccc2c(c1)c(/C=C/C(=O)N1CCN(CCc3cccc(F)c3)CC1)c(C)n2CCCN1CCN(C)CC1.Cc1ccc2c(c1)c(/C=C/C(=O)N1CCN(CCc3ccccc3)CC1)c(C)n2CCCN1CCN(C)CC1. The van der Waals surface area contributed by atoms with Crippen molar-refractivity contribution in [2.24, 2.45) is 0 Å². The first-order chi connectivity index (χ1) is 58.2. The Labute approximate surface area is 715 Å². The van der Waals surface area contributed by atoms with E-state index in [0.29, 0.717) is 0 Å². The molecule has 9 heterocycles. The van der Waals surface area contributed by atoms with Crippen molar-refractivity contribution in [1.82, 2.24) is 72.5 Å². The molecule has 0 unspecified atom stereocenters. The highest BCUT2D eigenvalue weighted by atomic mass is 19.1. The third-order valence-electron chi connectivity index (χ3n) is 26.2. The van der Waals surface area contributed by atoms with Crippen molar-refractivity contribution in [2.75, 3.05) is 225 Å². The topological polar surface area (TPSA) is 114 Å². The molecule has 19 nitrogen and oxygen atoms in total. The van der Waals surface area contributed by atoms with Crippen LogP contribution in [-0.2, 0) is 53.3 Å². The molecule has 0 aliphatic carbocycles. The number of carbonyl (C=O) groups is 3. The molecule has 6 aliphatic heterocycles. The van der Waals surface area contributed by atoms with Gasteiger partial charge in [-0.3, -0.25) is 29.1 Å². The number of halogens is 1. The summed E-state index contributed by atoms with van der Waals surface area (Å²) in [6.45, 7) is 46.2. The molecule has 15 rings (SSSR count). The largest absolute Gasteiger partial charge is 0.497 e. The number of methoxy groups -OCH3 is 1. The number of carbonyl (C=O) groups excluding carboxylic acids is 3. The standard InChI is InChI=1S/C34H47N5O2.C33H44FN5O.C33H45N5O/c1-27-9-11-33-32(25-27)31(28(2)39(33)15-6-14-36-19-17-35(3)18-20-36)10-12-34(40)38-23-21-37(22-24-38)16-13-29-7-5-8-30(26-29)41-4;1-26-8-10-32-31(24-26)30(27(2)39(32)14-5-13-36-18-16-35(3)17-19-36)9-11-33(40)38-22-20-37(21-23-38)15-12-28-6-4-7-29(34)25-28;1-27-10-12-32-31(26-27)30(28(2)38(32)16-7-15-35-20-18-34(3)19-21-35)11-13-33(39)37-24-22-36(23-25-37)17-14-29-8-5-4-6-9-29/h5,7-12,25-26H,6,13-24H2,1-4H3;4,6-11,24-25H,5,12-23H2,1-3H3;4-6,8-13,26H,7,14-25H2,1-3H3/b12-10+;11-9+;13-11+. The average Bonchev–Trinajstić information content (AvgIpc) is 1.64. The molecule has 6 aromatic carbocycles. The number of hydrogen-bond acceptors (Lipinski definition) is 13. The Bertz CT molecular complexity index is 4920. The molecule has 6 aliphatic rings. The number of aryl methyl sites for hydroxylation is 6. The summed E-state index contributed by atoms with van der Waals surface area (Å²) >= 11 is 0. The van der Waals surface area contributed by atoms with Gasteiger partial charge in [-0.2, -0.15) is 0 Å². The molecular weight excluding hydrogens is 1490 g/mol. The Kier molecular flexibility index (Phi) is 32.3. The van der Waals surface area contributed by atoms with E-state index in [1.54, 1.807) is 37.5 Å². The number of hydrogen-bond donors (Lipinski definition) is 0. The van der Waals surface area contributed by atoms with Crippen LogP contribution in [0.3, 0.4) is 0 Å². The molecule has 120 heavy (non-hydrogen) atoms. The third-order valence-corrected chi connectivity index (χ3v) is 26.2. The average molecular weight is 1630 g/mol. The van der Waals surface area contributed by atoms with E-state index in [9.17, 15) is 18.8 Å². The number of nitrogens with zero attached hydrogens (tertiary/aromatic N) is 15. The van der Waals surface area contributed by atoms with Crippen LogP contribution in [0.1, 0.15) is 86.4 Å². The second kappa shape index (κ2) is 43.6. The van der Waals surface area contributed by atoms with Gasteiger partial charge in [-0.15, -0.1) is 0 Å². The first-order valence-corrected chi connectivity index (χ1v) is 44.8. The van der Waals surface area contributed by atoms with E-state index in [1.807, 2.05) is 39.0 Å². The van der Waals surface area contributed by atoms with Gasteiger partial charge in [0.15, 0.2) is 0 Å². The Hall–Kier alpha value is -9.06. The van der Waals surface area contributed by atoms with Gasteiger partial charge < -0.3 is 62.5 Å². The number of aromatic nitrogens is 3. The molecule has 0 saturated carbocycles. The Balaban J connectivity index is 0.000000156. The molecule has 0 spiro atoms. The van der Waals surface area contributed by atoms with Crippen molar-refractivity contribution in [3.05, 3.63) is 225 Å². The van der Waals surface area contributed by atoms with Gasteiger partial charge in [0.2, 0.25) is 17.7 Å². The quantitative estimate of drug-likeness (QED) is 0.0434. The van der Waals surface area contributed by atoms with Gasteiger partial charge in [0.05, 0.1) is 7.11 Å². The molecule has 0 bridgehead atoms. The molecule has 3 amide bonds. The number of benzene rings is 6. The minimum atomic E-state index is -0.182. The summed E-state index contributed by atoms with van der Waals surface area (Å²) in [4.78, 5) is 67.7. The van der Waals surface area contributed by atoms with Gasteiger partial charge >= 0.3 is 0 Å². The molecule has 0 radical (unpaired) electrons. The van der Waals surface area contributed by atoms with E-state index < -0.39 is 0 Å². The van der Waals surface area contributed by atoms with Crippen molar-refractivity contribution in [1.29, 1.82) is 0 Å². The lowest BCUT2D eigenvalue weighted by atomic mass is 10.1. The van der Waals surface area contributed by atoms with E-state index >= 15 is 0 Å². The molecule has 0 atom stereocenters. The van der Waals surface area contributed by atoms with Gasteiger partial charge in [-0.05, 0) is 216 Å². The Morgan fingerprint density at radius 3 is 0.958 bits per heavy atom. The maximum Gasteiger partial charge on any atom is 0.246 e. The summed E-state index contributed by atoms with van der Waals surface area (Å²) in [5.41, 5.74) is 18.4. The lowest BCUT2D eigenvalue weighted by Crippen LogP contribution is -2.48. The minimum absolute atomic E-state index is 0.0767. The predicted molar refractivity (Wildman–Crippen MR) is 493 cm³/mol. The maximum atomic E-state index is 13.5. The lowest BCUT2D eigenvalue weighted by Gasteiger charge is -2.34. The predicted octanol–water partition coefficient (Wildman–Crippen LogP) is 13.0. The fourth-order valence-corrected chi connectivity index (χ4v) is 18.3. The highest BCUT2D eigenvalue weighted by Crippen LogP contribution is 2.33. The number of rotatable bonds is 28. The molecule has 0 N–H and O–H groups in total. The number of amides is 3. The number of ether oxygens (including phenoxy) is 1. The molecule has 6 saturated heterocycles. The van der Waals surface area contributed by atoms with Crippen molar-refractivity contribution in [3.8, 4) is 5.75 Å². The van der Waals surface area contributed by atoms with Crippen molar-refractivity contribution in [3.63, 3.8) is 0 Å². The van der Waals surface area contributed by atoms with Crippen LogP contribution in [0.4, 0.5) is 4.39 Å². The summed E-state index contributed by atoms with van der Waals surface area (Å²) in [5.74, 6) is 1.04. The second-order valence-electron chi connectivity index (χ2n) is 34.7. The Morgan fingerprint density at radius 1 is 0.325 bits per heavy atom. The molecule has 20 heteroatoms. The number of likely N-dealkylation sites (N-methyl/N-ethyl adjacent to an activating group) is 3. The summed E-state index contributed by atoms with van der Waals surface area (Å²) in [7, 11) is 8.33. The zero-order valence-corrected chi connectivity index (χ0v) is 74.0. The molecular formula is C100H136FN15O4. The molecule has 6 fully saturated rings. The fraction of sp³-hybridized carbons (Fsp3) is 0.490. The maximum absolute atomic E-state index is 13.5. The lowest BCUT2D eigenvalue weighted by molar-refractivity contribution is -0.128. The van der Waals surface area contributed by atoms with Crippen LogP contribution < -0.4 is 4.74 Å². The van der Waals surface area contributed by atoms with E-state index in [4.69, 9.17) is 4.74 Å². The van der Waals surface area contributed by atoms with Gasteiger partial charge in [0, 0.05) is 281 Å². The number of piperazine rings is 6. The van der Waals surface area contributed by atoms with Crippen molar-refractivity contribution < 1.29 is 23.5 Å². The first-order valence-electron chi connectivity index (χ1n) is 44.8. The smallest absolute Gasteiger partial charge is 0.246 e. The van der Waals surface area contributed by atoms with E-state index in [0.717, 1.165) is 258 Å². The minimum Gasteiger partial charge on any atom is -0.497 e. The second-order valence-corrected chi connectivity index (χ2v) is 34.7. The fourth-order valence-electron chi connectivity index (χ4n) is 18.3. The summed E-state index contributed by atoms with van der Waals surface area (Å²) < 4.78 is 26.2. The van der Waals surface area contributed by atoms with E-state index in [1.165, 1.54) is 108 Å². The summed E-state index contributed by atoms with van der Waals surface area (Å²) in [6.07, 6.45) is 17.8. The zero-order chi connectivity index (χ0) is 84.0. The van der Waals surface area contributed by atoms with E-state index in [2.05, 4.69) is 230 Å². The van der Waals surface area contributed by atoms with Crippen LogP contribution in [0, 0.1) is 47.4 Å². The molecule has 9 aromatic rings. The van der Waals surface area contributed by atoms with Crippen LogP contribution in [-0.4, -0.2) is 315 Å². The van der Waals surface area contributed by atoms with Crippen molar-refractivity contribution in [2.45, 2.75) is 99.7 Å². The van der Waals surface area contributed by atoms with Crippen molar-refractivity contribution >= 4 is 68.7 Å². The number of fused-ring (bicyclic) bond motifs is 3. The van der Waals surface area contributed by atoms with Crippen LogP contribution >= 0.6 is 0 Å². The summed E-state index contributed by atoms with van der Waals surface area (Å²) in [6, 6.07) is 45.9. The van der Waals surface area contributed by atoms with Crippen LogP contribution in [0.25, 0.3) is 50.9 Å². The first kappa shape index (κ1) is 88.7. The van der Waals surface area contributed by atoms with Crippen LogP contribution in [0.2, 0.25) is 0 Å². The van der Waals surface area contributed by atoms with Gasteiger partial charge in [-0.25, -0.2) is 4.39 Å². The zero-order valence-electron chi connectivity index (χ0n) is 74.0. The monoisotopic (exact) mass is 1630 g/mol.